The fourth-order valence-electron chi connectivity index (χ4n) is 3.73. The molecule has 1 aromatic carbocycles. The van der Waals surface area contributed by atoms with Crippen LogP contribution in [-0.2, 0) is 11.2 Å². The Morgan fingerprint density at radius 2 is 2.03 bits per heavy atom. The third-order valence-corrected chi connectivity index (χ3v) is 5.64. The molecule has 0 bridgehead atoms. The first-order chi connectivity index (χ1) is 14.4. The van der Waals surface area contributed by atoms with Crippen LogP contribution in [-0.4, -0.2) is 81.6 Å². The van der Waals surface area contributed by atoms with Gasteiger partial charge < -0.3 is 20.3 Å². The van der Waals surface area contributed by atoms with Crippen LogP contribution < -0.4 is 15.4 Å². The SMILES string of the molecule is CCN1CCCC1CNC(=NCC(=O)N(C)C)NCC(C)Cc1ccc(OC)cc1. The van der Waals surface area contributed by atoms with E-state index in [0.29, 0.717) is 12.0 Å². The van der Waals surface area contributed by atoms with Crippen molar-refractivity contribution in [3.8, 4) is 5.75 Å². The number of ether oxygens (including phenoxy) is 1. The van der Waals surface area contributed by atoms with E-state index in [1.807, 2.05) is 12.1 Å². The summed E-state index contributed by atoms with van der Waals surface area (Å²) in [4.78, 5) is 20.6. The summed E-state index contributed by atoms with van der Waals surface area (Å²) in [6.45, 7) is 8.46. The molecule has 2 rings (SSSR count). The summed E-state index contributed by atoms with van der Waals surface area (Å²) in [5.74, 6) is 2.02. The van der Waals surface area contributed by atoms with Gasteiger partial charge in [0.05, 0.1) is 7.11 Å². The van der Waals surface area contributed by atoms with Gasteiger partial charge in [-0.15, -0.1) is 0 Å². The second-order valence-electron chi connectivity index (χ2n) is 8.30. The molecule has 2 atom stereocenters. The highest BCUT2D eigenvalue weighted by molar-refractivity contribution is 5.84. The Morgan fingerprint density at radius 1 is 1.30 bits per heavy atom. The normalized spacial score (nSPS) is 18.2. The summed E-state index contributed by atoms with van der Waals surface area (Å²) in [5.41, 5.74) is 1.28. The summed E-state index contributed by atoms with van der Waals surface area (Å²) < 4.78 is 5.23. The second-order valence-corrected chi connectivity index (χ2v) is 8.30. The van der Waals surface area contributed by atoms with Gasteiger partial charge in [-0.25, -0.2) is 4.99 Å². The summed E-state index contributed by atoms with van der Waals surface area (Å²) in [5, 5.41) is 6.90. The first-order valence-electron chi connectivity index (χ1n) is 11.0. The lowest BCUT2D eigenvalue weighted by Crippen LogP contribution is -2.46. The number of guanidine groups is 1. The topological polar surface area (TPSA) is 69.2 Å². The minimum absolute atomic E-state index is 0.00145. The molecule has 1 fully saturated rings. The molecular weight excluding hydrogens is 378 g/mol. The molecule has 7 nitrogen and oxygen atoms in total. The van der Waals surface area contributed by atoms with Gasteiger partial charge in [0.15, 0.2) is 5.96 Å². The van der Waals surface area contributed by atoms with E-state index in [0.717, 1.165) is 37.8 Å². The van der Waals surface area contributed by atoms with Gasteiger partial charge in [0, 0.05) is 33.2 Å². The van der Waals surface area contributed by atoms with Crippen molar-refractivity contribution in [2.75, 3.05) is 53.9 Å². The molecule has 30 heavy (non-hydrogen) atoms. The standard InChI is InChI=1S/C23H39N5O2/c1-6-28-13-7-8-20(28)16-25-23(26-17-22(29)27(3)4)24-15-18(2)14-19-9-11-21(30-5)12-10-19/h9-12,18,20H,6-8,13-17H2,1-5H3,(H2,24,25,26). The molecule has 1 aromatic rings. The van der Waals surface area contributed by atoms with Crippen LogP contribution in [0.25, 0.3) is 0 Å². The summed E-state index contributed by atoms with van der Waals surface area (Å²) >= 11 is 0. The third kappa shape index (κ3) is 7.86. The molecule has 168 valence electrons. The average molecular weight is 418 g/mol. The van der Waals surface area contributed by atoms with E-state index in [4.69, 9.17) is 4.74 Å². The number of hydrogen-bond acceptors (Lipinski definition) is 4. The van der Waals surface area contributed by atoms with E-state index >= 15 is 0 Å². The highest BCUT2D eigenvalue weighted by Crippen LogP contribution is 2.16. The largest absolute Gasteiger partial charge is 0.497 e. The Balaban J connectivity index is 1.90. The molecule has 1 saturated heterocycles. The van der Waals surface area contributed by atoms with Gasteiger partial charge >= 0.3 is 0 Å². The molecule has 1 amide bonds. The number of rotatable bonds is 10. The molecular formula is C23H39N5O2. The van der Waals surface area contributed by atoms with E-state index in [9.17, 15) is 4.79 Å². The molecule has 0 saturated carbocycles. The Hall–Kier alpha value is -2.28. The maximum absolute atomic E-state index is 12.0. The highest BCUT2D eigenvalue weighted by Gasteiger charge is 2.23. The van der Waals surface area contributed by atoms with E-state index in [1.165, 1.54) is 24.9 Å². The number of nitrogens with one attached hydrogen (secondary N) is 2. The molecule has 1 aliphatic rings. The lowest BCUT2D eigenvalue weighted by atomic mass is 10.0. The predicted octanol–water partition coefficient (Wildman–Crippen LogP) is 1.98. The smallest absolute Gasteiger partial charge is 0.243 e. The Bertz CT molecular complexity index is 675. The molecule has 0 spiro atoms. The van der Waals surface area contributed by atoms with Crippen LogP contribution in [0, 0.1) is 5.92 Å². The quantitative estimate of drug-likeness (QED) is 0.450. The van der Waals surface area contributed by atoms with Crippen LogP contribution in [0.1, 0.15) is 32.3 Å². The van der Waals surface area contributed by atoms with Gasteiger partial charge in [-0.1, -0.05) is 26.0 Å². The van der Waals surface area contributed by atoms with E-state index in [1.54, 1.807) is 26.1 Å². The number of nitrogens with zero attached hydrogens (tertiary/aromatic N) is 3. The van der Waals surface area contributed by atoms with Crippen LogP contribution in [0.3, 0.4) is 0 Å². The maximum Gasteiger partial charge on any atom is 0.243 e. The first-order valence-corrected chi connectivity index (χ1v) is 11.0. The number of carbonyl (C=O) groups excluding carboxylic acids is 1. The third-order valence-electron chi connectivity index (χ3n) is 5.64. The zero-order valence-electron chi connectivity index (χ0n) is 19.3. The van der Waals surface area contributed by atoms with Crippen LogP contribution in [0.4, 0.5) is 0 Å². The molecule has 1 aliphatic heterocycles. The Labute approximate surface area is 181 Å². The van der Waals surface area contributed by atoms with E-state index in [-0.39, 0.29) is 12.5 Å². The minimum Gasteiger partial charge on any atom is -0.497 e. The van der Waals surface area contributed by atoms with Crippen molar-refractivity contribution in [2.24, 2.45) is 10.9 Å². The van der Waals surface area contributed by atoms with Gasteiger partial charge in [0.25, 0.3) is 0 Å². The average Bonchev–Trinajstić information content (AvgIpc) is 3.21. The number of amides is 1. The lowest BCUT2D eigenvalue weighted by molar-refractivity contribution is -0.127. The number of aliphatic imine (C=N–C) groups is 1. The number of likely N-dealkylation sites (N-methyl/N-ethyl adjacent to an activating group) is 2. The zero-order valence-corrected chi connectivity index (χ0v) is 19.3. The monoisotopic (exact) mass is 417 g/mol. The molecule has 0 radical (unpaired) electrons. The van der Waals surface area contributed by atoms with Crippen LogP contribution in [0.2, 0.25) is 0 Å². The zero-order chi connectivity index (χ0) is 21.9. The second kappa shape index (κ2) is 12.4. The summed E-state index contributed by atoms with van der Waals surface area (Å²) in [6, 6.07) is 8.74. The van der Waals surface area contributed by atoms with Gasteiger partial charge in [0.1, 0.15) is 12.3 Å². The minimum atomic E-state index is -0.00145. The van der Waals surface area contributed by atoms with Crippen molar-refractivity contribution < 1.29 is 9.53 Å². The molecule has 2 unspecified atom stereocenters. The van der Waals surface area contributed by atoms with Crippen molar-refractivity contribution in [1.82, 2.24) is 20.4 Å². The molecule has 0 aliphatic carbocycles. The van der Waals surface area contributed by atoms with Gasteiger partial charge in [0.2, 0.25) is 5.91 Å². The number of methoxy groups -OCH3 is 1. The molecule has 2 N–H and O–H groups in total. The van der Waals surface area contributed by atoms with Gasteiger partial charge in [-0.05, 0) is 56.0 Å². The Kier molecular flexibility index (Phi) is 9.94. The number of benzene rings is 1. The number of hydrogen-bond donors (Lipinski definition) is 2. The fraction of sp³-hybridized carbons (Fsp3) is 0.652. The van der Waals surface area contributed by atoms with Crippen molar-refractivity contribution >= 4 is 11.9 Å². The Morgan fingerprint density at radius 3 is 2.67 bits per heavy atom. The van der Waals surface area contributed by atoms with Crippen LogP contribution in [0.5, 0.6) is 5.75 Å². The van der Waals surface area contributed by atoms with Gasteiger partial charge in [-0.3, -0.25) is 9.69 Å². The number of likely N-dealkylation sites (tertiary alicyclic amines) is 1. The molecule has 0 aromatic heterocycles. The van der Waals surface area contributed by atoms with Crippen LogP contribution in [0.15, 0.2) is 29.3 Å². The molecule has 1 heterocycles. The van der Waals surface area contributed by atoms with E-state index in [2.05, 4.69) is 46.5 Å². The summed E-state index contributed by atoms with van der Waals surface area (Å²) in [7, 11) is 5.20. The number of carbonyl (C=O) groups is 1. The van der Waals surface area contributed by atoms with E-state index < -0.39 is 0 Å². The van der Waals surface area contributed by atoms with Crippen molar-refractivity contribution in [1.29, 1.82) is 0 Å². The van der Waals surface area contributed by atoms with Crippen molar-refractivity contribution in [3.63, 3.8) is 0 Å². The fourth-order valence-corrected chi connectivity index (χ4v) is 3.73. The summed E-state index contributed by atoms with van der Waals surface area (Å²) in [6.07, 6.45) is 3.42. The van der Waals surface area contributed by atoms with Crippen molar-refractivity contribution in [3.05, 3.63) is 29.8 Å². The van der Waals surface area contributed by atoms with Crippen LogP contribution >= 0.6 is 0 Å². The maximum atomic E-state index is 12.0. The lowest BCUT2D eigenvalue weighted by Gasteiger charge is -2.24. The van der Waals surface area contributed by atoms with Gasteiger partial charge in [-0.2, -0.15) is 0 Å². The highest BCUT2D eigenvalue weighted by atomic mass is 16.5. The predicted molar refractivity (Wildman–Crippen MR) is 123 cm³/mol. The molecule has 7 heteroatoms. The van der Waals surface area contributed by atoms with Crippen molar-refractivity contribution in [2.45, 2.75) is 39.2 Å². The first kappa shape index (κ1) is 24.0.